The van der Waals surface area contributed by atoms with Crippen LogP contribution in [0.3, 0.4) is 0 Å². The number of methoxy groups -OCH3 is 1. The first-order valence-corrected chi connectivity index (χ1v) is 13.9. The number of alkyl halides is 2. The Kier molecular flexibility index (Phi) is 8.13. The molecule has 0 saturated carbocycles. The topological polar surface area (TPSA) is 114 Å². The van der Waals surface area contributed by atoms with Gasteiger partial charge in [0.1, 0.15) is 17.2 Å². The first-order valence-electron chi connectivity index (χ1n) is 11.1. The van der Waals surface area contributed by atoms with Crippen molar-refractivity contribution in [1.29, 1.82) is 0 Å². The number of rotatable bonds is 8. The van der Waals surface area contributed by atoms with Gasteiger partial charge < -0.3 is 14.8 Å². The molecule has 37 heavy (non-hydrogen) atoms. The lowest BCUT2D eigenvalue weighted by molar-refractivity contribution is -0.119. The molecule has 1 fully saturated rings. The summed E-state index contributed by atoms with van der Waals surface area (Å²) in [5.41, 5.74) is 1.15. The molecule has 0 radical (unpaired) electrons. The van der Waals surface area contributed by atoms with Crippen LogP contribution in [0.25, 0.3) is 6.08 Å². The van der Waals surface area contributed by atoms with Crippen molar-refractivity contribution < 1.29 is 36.3 Å². The molecule has 1 saturated heterocycles. The fraction of sp³-hybridized carbons (Fsp3) is 0.292. The monoisotopic (exact) mass is 551 g/mol. The number of thioether (sulfide) groups is 1. The summed E-state index contributed by atoms with van der Waals surface area (Å²) in [5, 5.41) is 2.91. The van der Waals surface area contributed by atoms with Gasteiger partial charge in [-0.3, -0.25) is 14.5 Å². The van der Waals surface area contributed by atoms with E-state index in [-0.39, 0.29) is 33.9 Å². The Bertz CT molecular complexity index is 1330. The van der Waals surface area contributed by atoms with Gasteiger partial charge in [-0.05, 0) is 54.5 Å². The van der Waals surface area contributed by atoms with Crippen LogP contribution in [-0.2, 0) is 19.4 Å². The maximum Gasteiger partial charge on any atom is 0.387 e. The summed E-state index contributed by atoms with van der Waals surface area (Å²) in [7, 11) is -1.61. The molecule has 2 amide bonds. The third kappa shape index (κ3) is 6.86. The van der Waals surface area contributed by atoms with Gasteiger partial charge in [0, 0.05) is 6.04 Å². The van der Waals surface area contributed by atoms with E-state index in [1.165, 1.54) is 29.2 Å². The molecule has 1 unspecified atom stereocenters. The summed E-state index contributed by atoms with van der Waals surface area (Å²) in [6, 6.07) is 12.0. The number of hydrogen-bond donors (Lipinski definition) is 1. The number of amidine groups is 1. The number of benzene rings is 2. The molecule has 2 aliphatic heterocycles. The first kappa shape index (κ1) is 26.6. The molecule has 13 heteroatoms. The van der Waals surface area contributed by atoms with Crippen molar-refractivity contribution in [3.63, 3.8) is 0 Å². The van der Waals surface area contributed by atoms with Crippen LogP contribution in [0, 0.1) is 0 Å². The van der Waals surface area contributed by atoms with Crippen molar-refractivity contribution in [2.75, 3.05) is 29.3 Å². The Hall–Kier alpha value is -3.45. The van der Waals surface area contributed by atoms with Crippen LogP contribution in [0.4, 0.5) is 14.5 Å². The van der Waals surface area contributed by atoms with E-state index < -0.39 is 34.3 Å². The number of halogens is 2. The molecule has 1 N–H and O–H groups in total. The minimum Gasteiger partial charge on any atom is -0.497 e. The molecule has 9 nitrogen and oxygen atoms in total. The summed E-state index contributed by atoms with van der Waals surface area (Å²) < 4.78 is 57.9. The lowest BCUT2D eigenvalue weighted by Crippen LogP contribution is -2.37. The van der Waals surface area contributed by atoms with E-state index in [1.54, 1.807) is 37.5 Å². The van der Waals surface area contributed by atoms with Gasteiger partial charge >= 0.3 is 6.61 Å². The van der Waals surface area contributed by atoms with Crippen LogP contribution in [0.15, 0.2) is 59.2 Å². The fourth-order valence-electron chi connectivity index (χ4n) is 3.76. The second kappa shape index (κ2) is 11.3. The van der Waals surface area contributed by atoms with E-state index >= 15 is 0 Å². The molecule has 4 rings (SSSR count). The normalized spacial score (nSPS) is 19.8. The molecule has 2 heterocycles. The SMILES string of the molecule is COc1ccc(/C=C2\N=C(SCC(=O)NC3CCS(=O)(=O)C3)N(c3ccc(OC(F)F)cc3)C2=O)cc1. The van der Waals surface area contributed by atoms with Crippen molar-refractivity contribution in [2.24, 2.45) is 4.99 Å². The van der Waals surface area contributed by atoms with Gasteiger partial charge in [0.15, 0.2) is 15.0 Å². The number of carbonyl (C=O) groups is 2. The largest absolute Gasteiger partial charge is 0.497 e. The number of carbonyl (C=O) groups excluding carboxylic acids is 2. The highest BCUT2D eigenvalue weighted by Crippen LogP contribution is 2.31. The van der Waals surface area contributed by atoms with Crippen LogP contribution in [0.5, 0.6) is 11.5 Å². The summed E-state index contributed by atoms with van der Waals surface area (Å²) >= 11 is 0.999. The average Bonchev–Trinajstić information content (AvgIpc) is 3.36. The van der Waals surface area contributed by atoms with Gasteiger partial charge in [0.05, 0.1) is 30.1 Å². The van der Waals surface area contributed by atoms with Gasteiger partial charge in [0.25, 0.3) is 5.91 Å². The number of hydrogen-bond acceptors (Lipinski definition) is 8. The zero-order chi connectivity index (χ0) is 26.6. The predicted octanol–water partition coefficient (Wildman–Crippen LogP) is 3.08. The summed E-state index contributed by atoms with van der Waals surface area (Å²) in [4.78, 5) is 31.5. The van der Waals surface area contributed by atoms with E-state index in [0.717, 1.165) is 11.8 Å². The third-order valence-electron chi connectivity index (χ3n) is 5.50. The highest BCUT2D eigenvalue weighted by Gasteiger charge is 2.33. The smallest absolute Gasteiger partial charge is 0.387 e. The minimum atomic E-state index is -3.15. The Labute approximate surface area is 216 Å². The zero-order valence-corrected chi connectivity index (χ0v) is 21.2. The summed E-state index contributed by atoms with van der Waals surface area (Å²) in [6.45, 7) is -2.99. The first-order chi connectivity index (χ1) is 17.6. The Morgan fingerprint density at radius 3 is 2.46 bits per heavy atom. The van der Waals surface area contributed by atoms with E-state index in [2.05, 4.69) is 15.0 Å². The van der Waals surface area contributed by atoms with Crippen LogP contribution >= 0.6 is 11.8 Å². The molecule has 2 aromatic carbocycles. The van der Waals surface area contributed by atoms with Crippen LogP contribution in [-0.4, -0.2) is 62.4 Å². The molecular formula is C24H23F2N3O6S2. The van der Waals surface area contributed by atoms with Crippen LogP contribution < -0.4 is 19.7 Å². The number of anilines is 1. The van der Waals surface area contributed by atoms with Crippen molar-refractivity contribution >= 4 is 50.3 Å². The fourth-order valence-corrected chi connectivity index (χ4v) is 6.26. The predicted molar refractivity (Wildman–Crippen MR) is 137 cm³/mol. The molecule has 196 valence electrons. The molecule has 0 spiro atoms. The molecule has 2 aromatic rings. The van der Waals surface area contributed by atoms with Gasteiger partial charge in [-0.2, -0.15) is 8.78 Å². The number of sulfone groups is 1. The molecule has 0 aliphatic carbocycles. The number of aliphatic imine (C=N–C) groups is 1. The maximum atomic E-state index is 13.3. The van der Waals surface area contributed by atoms with Gasteiger partial charge in [-0.25, -0.2) is 13.4 Å². The minimum absolute atomic E-state index is 0.0326. The summed E-state index contributed by atoms with van der Waals surface area (Å²) in [6.07, 6.45) is 1.94. The van der Waals surface area contributed by atoms with Crippen molar-refractivity contribution in [3.05, 3.63) is 59.8 Å². The highest BCUT2D eigenvalue weighted by molar-refractivity contribution is 8.14. The summed E-state index contributed by atoms with van der Waals surface area (Å²) in [5.74, 6) is -0.466. The Balaban J connectivity index is 1.54. The molecule has 1 atom stereocenters. The number of nitrogens with one attached hydrogen (secondary N) is 1. The van der Waals surface area contributed by atoms with Gasteiger partial charge in [-0.15, -0.1) is 0 Å². The van der Waals surface area contributed by atoms with E-state index in [4.69, 9.17) is 4.74 Å². The number of amides is 2. The highest BCUT2D eigenvalue weighted by atomic mass is 32.2. The third-order valence-corrected chi connectivity index (χ3v) is 8.21. The number of ether oxygens (including phenoxy) is 2. The zero-order valence-electron chi connectivity index (χ0n) is 19.6. The van der Waals surface area contributed by atoms with E-state index in [1.807, 2.05) is 0 Å². The van der Waals surface area contributed by atoms with Crippen molar-refractivity contribution in [1.82, 2.24) is 5.32 Å². The lowest BCUT2D eigenvalue weighted by Gasteiger charge is -2.18. The molecular weight excluding hydrogens is 528 g/mol. The Morgan fingerprint density at radius 1 is 1.19 bits per heavy atom. The maximum absolute atomic E-state index is 13.3. The van der Waals surface area contributed by atoms with Crippen molar-refractivity contribution in [2.45, 2.75) is 19.1 Å². The second-order valence-electron chi connectivity index (χ2n) is 8.17. The standard InChI is InChI=1S/C24H23F2N3O6S2/c1-34-18-6-2-15(3-7-18)12-20-22(31)29(17-4-8-19(9-5-17)35-23(25)26)24(28-20)36-13-21(30)27-16-10-11-37(32,33)14-16/h2-9,12,16,23H,10-11,13-14H2,1H3,(H,27,30)/b20-12-. The van der Waals surface area contributed by atoms with Crippen LogP contribution in [0.1, 0.15) is 12.0 Å². The Morgan fingerprint density at radius 2 is 1.86 bits per heavy atom. The average molecular weight is 552 g/mol. The quantitative estimate of drug-likeness (QED) is 0.502. The van der Waals surface area contributed by atoms with Crippen molar-refractivity contribution in [3.8, 4) is 11.5 Å². The van der Waals surface area contributed by atoms with Gasteiger partial charge in [-0.1, -0.05) is 23.9 Å². The second-order valence-corrected chi connectivity index (χ2v) is 11.3. The van der Waals surface area contributed by atoms with Gasteiger partial charge in [0.2, 0.25) is 5.91 Å². The van der Waals surface area contributed by atoms with E-state index in [0.29, 0.717) is 23.4 Å². The molecule has 2 aliphatic rings. The lowest BCUT2D eigenvalue weighted by atomic mass is 10.2. The van der Waals surface area contributed by atoms with Crippen LogP contribution in [0.2, 0.25) is 0 Å². The molecule has 0 aromatic heterocycles. The number of nitrogens with zero attached hydrogens (tertiary/aromatic N) is 2. The molecule has 0 bridgehead atoms. The van der Waals surface area contributed by atoms with E-state index in [9.17, 15) is 26.8 Å².